The minimum Gasteiger partial charge on any atom is -0.298 e. The maximum absolute atomic E-state index is 12.9. The number of hydrogen-bond donors (Lipinski definition) is 1. The van der Waals surface area contributed by atoms with E-state index in [0.29, 0.717) is 10.3 Å². The summed E-state index contributed by atoms with van der Waals surface area (Å²) in [7, 11) is 0. The number of nitrogens with zero attached hydrogens (tertiary/aromatic N) is 2. The quantitative estimate of drug-likeness (QED) is 0.776. The first-order valence-corrected chi connectivity index (χ1v) is 6.95. The fourth-order valence-electron chi connectivity index (χ4n) is 1.90. The van der Waals surface area contributed by atoms with Crippen molar-refractivity contribution in [1.29, 1.82) is 0 Å². The Morgan fingerprint density at radius 2 is 2.00 bits per heavy atom. The number of aromatic nitrogens is 2. The van der Waals surface area contributed by atoms with Crippen molar-refractivity contribution < 1.29 is 18.0 Å². The van der Waals surface area contributed by atoms with Crippen LogP contribution in [0.5, 0.6) is 0 Å². The molecule has 4 nitrogen and oxygen atoms in total. The van der Waals surface area contributed by atoms with Crippen molar-refractivity contribution >= 4 is 32.6 Å². The third kappa shape index (κ3) is 2.77. The lowest BCUT2D eigenvalue weighted by atomic mass is 10.2. The molecule has 0 saturated carbocycles. The summed E-state index contributed by atoms with van der Waals surface area (Å²) in [5.41, 5.74) is -0.678. The molecule has 3 aromatic rings. The lowest BCUT2D eigenvalue weighted by molar-refractivity contribution is -0.136. The number of pyridine rings is 1. The summed E-state index contributed by atoms with van der Waals surface area (Å²) in [6.45, 7) is 0. The van der Waals surface area contributed by atoms with Gasteiger partial charge in [-0.3, -0.25) is 15.1 Å². The fraction of sp³-hybridized carbons (Fsp3) is 0.0714. The molecule has 0 aliphatic rings. The monoisotopic (exact) mass is 323 g/mol. The van der Waals surface area contributed by atoms with Crippen molar-refractivity contribution in [1.82, 2.24) is 9.97 Å². The Bertz CT molecular complexity index is 830. The predicted octanol–water partition coefficient (Wildman–Crippen LogP) is 3.96. The van der Waals surface area contributed by atoms with E-state index in [1.807, 2.05) is 0 Å². The van der Waals surface area contributed by atoms with E-state index in [1.165, 1.54) is 24.5 Å². The highest BCUT2D eigenvalue weighted by atomic mass is 32.1. The van der Waals surface area contributed by atoms with E-state index in [9.17, 15) is 18.0 Å². The zero-order valence-electron chi connectivity index (χ0n) is 10.9. The Labute approximate surface area is 126 Å². The number of rotatable bonds is 2. The van der Waals surface area contributed by atoms with Gasteiger partial charge in [-0.2, -0.15) is 13.2 Å². The van der Waals surface area contributed by atoms with Crippen LogP contribution in [0.1, 0.15) is 15.9 Å². The Morgan fingerprint density at radius 1 is 1.18 bits per heavy atom. The highest BCUT2D eigenvalue weighted by molar-refractivity contribution is 7.22. The number of anilines is 1. The van der Waals surface area contributed by atoms with Crippen LogP contribution < -0.4 is 5.32 Å². The number of carbonyl (C=O) groups excluding carboxylic acids is 1. The van der Waals surface area contributed by atoms with Gasteiger partial charge in [0, 0.05) is 12.4 Å². The molecular formula is C14H8F3N3OS. The SMILES string of the molecule is O=C(Nc1nc2c(C(F)(F)F)cccc2s1)c1cccnc1. The number of para-hydroxylation sites is 1. The molecule has 22 heavy (non-hydrogen) atoms. The molecule has 3 rings (SSSR count). The molecule has 112 valence electrons. The molecule has 0 radical (unpaired) electrons. The van der Waals surface area contributed by atoms with E-state index in [2.05, 4.69) is 15.3 Å². The number of fused-ring (bicyclic) bond motifs is 1. The molecule has 8 heteroatoms. The topological polar surface area (TPSA) is 54.9 Å². The van der Waals surface area contributed by atoms with Gasteiger partial charge in [0.1, 0.15) is 0 Å². The van der Waals surface area contributed by atoms with Gasteiger partial charge in [0.05, 0.1) is 21.3 Å². The highest BCUT2D eigenvalue weighted by Crippen LogP contribution is 2.37. The van der Waals surface area contributed by atoms with Crippen molar-refractivity contribution in [3.63, 3.8) is 0 Å². The molecule has 1 N–H and O–H groups in total. The molecule has 0 unspecified atom stereocenters. The predicted molar refractivity (Wildman–Crippen MR) is 76.8 cm³/mol. The molecule has 2 aromatic heterocycles. The molecule has 0 fully saturated rings. The summed E-state index contributed by atoms with van der Waals surface area (Å²) < 4.78 is 39.1. The Balaban J connectivity index is 1.95. The van der Waals surface area contributed by atoms with Crippen LogP contribution in [0.4, 0.5) is 18.3 Å². The number of benzene rings is 1. The lowest BCUT2D eigenvalue weighted by Crippen LogP contribution is -2.11. The summed E-state index contributed by atoms with van der Waals surface area (Å²) in [4.78, 5) is 19.7. The smallest absolute Gasteiger partial charge is 0.298 e. The normalized spacial score (nSPS) is 11.6. The van der Waals surface area contributed by atoms with E-state index < -0.39 is 17.6 Å². The first kappa shape index (κ1) is 14.5. The van der Waals surface area contributed by atoms with E-state index in [1.54, 1.807) is 12.1 Å². The summed E-state index contributed by atoms with van der Waals surface area (Å²) in [6.07, 6.45) is -1.61. The second-order valence-electron chi connectivity index (χ2n) is 4.36. The third-order valence-electron chi connectivity index (χ3n) is 2.87. The molecule has 0 aliphatic carbocycles. The van der Waals surface area contributed by atoms with Crippen molar-refractivity contribution in [2.24, 2.45) is 0 Å². The number of nitrogens with one attached hydrogen (secondary N) is 1. The van der Waals surface area contributed by atoms with Crippen molar-refractivity contribution in [3.8, 4) is 0 Å². The second-order valence-corrected chi connectivity index (χ2v) is 5.40. The molecule has 1 amide bonds. The van der Waals surface area contributed by atoms with Gasteiger partial charge in [-0.05, 0) is 24.3 Å². The van der Waals surface area contributed by atoms with Crippen LogP contribution in [0.3, 0.4) is 0 Å². The molecule has 0 aliphatic heterocycles. The number of amides is 1. The summed E-state index contributed by atoms with van der Waals surface area (Å²) in [6, 6.07) is 6.96. The standard InChI is InChI=1S/C14H8F3N3OS/c15-14(16,17)9-4-1-5-10-11(9)19-13(22-10)20-12(21)8-3-2-6-18-7-8/h1-7H,(H,19,20,21). The largest absolute Gasteiger partial charge is 0.418 e. The van der Waals surface area contributed by atoms with Gasteiger partial charge in [-0.25, -0.2) is 4.98 Å². The summed E-state index contributed by atoms with van der Waals surface area (Å²) >= 11 is 0.987. The molecule has 1 aromatic carbocycles. The average Bonchev–Trinajstić information content (AvgIpc) is 2.89. The van der Waals surface area contributed by atoms with Crippen LogP contribution in [-0.2, 0) is 6.18 Å². The maximum atomic E-state index is 12.9. The van der Waals surface area contributed by atoms with Gasteiger partial charge >= 0.3 is 6.18 Å². The van der Waals surface area contributed by atoms with E-state index in [-0.39, 0.29) is 10.6 Å². The third-order valence-corrected chi connectivity index (χ3v) is 3.80. The summed E-state index contributed by atoms with van der Waals surface area (Å²) in [5, 5.41) is 2.60. The van der Waals surface area contributed by atoms with Crippen LogP contribution in [0.15, 0.2) is 42.7 Å². The van der Waals surface area contributed by atoms with Crippen LogP contribution >= 0.6 is 11.3 Å². The zero-order valence-corrected chi connectivity index (χ0v) is 11.7. The van der Waals surface area contributed by atoms with Gasteiger partial charge in [0.2, 0.25) is 0 Å². The van der Waals surface area contributed by atoms with E-state index >= 15 is 0 Å². The van der Waals surface area contributed by atoms with Gasteiger partial charge < -0.3 is 0 Å². The minimum atomic E-state index is -4.49. The van der Waals surface area contributed by atoms with Crippen LogP contribution in [0.2, 0.25) is 0 Å². The Hall–Kier alpha value is -2.48. The van der Waals surface area contributed by atoms with Crippen LogP contribution in [-0.4, -0.2) is 15.9 Å². The number of alkyl halides is 3. The van der Waals surface area contributed by atoms with E-state index in [0.717, 1.165) is 17.4 Å². The highest BCUT2D eigenvalue weighted by Gasteiger charge is 2.33. The van der Waals surface area contributed by atoms with Crippen molar-refractivity contribution in [3.05, 3.63) is 53.9 Å². The number of carbonyl (C=O) groups is 1. The Morgan fingerprint density at radius 3 is 2.68 bits per heavy atom. The molecule has 0 bridgehead atoms. The van der Waals surface area contributed by atoms with Crippen molar-refractivity contribution in [2.75, 3.05) is 5.32 Å². The summed E-state index contributed by atoms with van der Waals surface area (Å²) in [5.74, 6) is -0.472. The van der Waals surface area contributed by atoms with E-state index in [4.69, 9.17) is 0 Å². The van der Waals surface area contributed by atoms with Gasteiger partial charge in [0.25, 0.3) is 5.91 Å². The molecular weight excluding hydrogens is 315 g/mol. The fourth-order valence-corrected chi connectivity index (χ4v) is 2.78. The number of thiazole rings is 1. The van der Waals surface area contributed by atoms with Crippen LogP contribution in [0.25, 0.3) is 10.2 Å². The maximum Gasteiger partial charge on any atom is 0.418 e. The lowest BCUT2D eigenvalue weighted by Gasteiger charge is -2.06. The van der Waals surface area contributed by atoms with Gasteiger partial charge in [-0.15, -0.1) is 0 Å². The van der Waals surface area contributed by atoms with Gasteiger partial charge in [-0.1, -0.05) is 17.4 Å². The average molecular weight is 323 g/mol. The molecule has 2 heterocycles. The zero-order chi connectivity index (χ0) is 15.7. The molecule has 0 saturated heterocycles. The van der Waals surface area contributed by atoms with Gasteiger partial charge in [0.15, 0.2) is 5.13 Å². The number of halogens is 3. The van der Waals surface area contributed by atoms with Crippen LogP contribution in [0, 0.1) is 0 Å². The first-order chi connectivity index (χ1) is 10.4. The molecule has 0 spiro atoms. The van der Waals surface area contributed by atoms with Crippen molar-refractivity contribution in [2.45, 2.75) is 6.18 Å². The molecule has 0 atom stereocenters. The Kier molecular flexibility index (Phi) is 3.53. The number of hydrogen-bond acceptors (Lipinski definition) is 4. The second kappa shape index (κ2) is 5.38. The first-order valence-electron chi connectivity index (χ1n) is 6.13. The minimum absolute atomic E-state index is 0.112.